The van der Waals surface area contributed by atoms with Gasteiger partial charge >= 0.3 is 0 Å². The van der Waals surface area contributed by atoms with Crippen LogP contribution in [0.2, 0.25) is 5.02 Å². The molecule has 84 valence electrons. The number of hydrogen-bond donors (Lipinski definition) is 0. The van der Waals surface area contributed by atoms with Gasteiger partial charge in [0.1, 0.15) is 11.6 Å². The maximum atomic E-state index is 5.90. The van der Waals surface area contributed by atoms with Gasteiger partial charge in [-0.15, -0.1) is 0 Å². The van der Waals surface area contributed by atoms with Crippen LogP contribution in [0.1, 0.15) is 18.3 Å². The molecule has 0 amide bonds. The highest BCUT2D eigenvalue weighted by molar-refractivity contribution is 7.07. The smallest absolute Gasteiger partial charge is 0.298 e. The van der Waals surface area contributed by atoms with Gasteiger partial charge in [-0.1, -0.05) is 24.6 Å². The lowest BCUT2D eigenvalue weighted by Crippen LogP contribution is -1.88. The summed E-state index contributed by atoms with van der Waals surface area (Å²) >= 11 is 7.16. The van der Waals surface area contributed by atoms with Crippen molar-refractivity contribution < 1.29 is 4.74 Å². The molecule has 0 aliphatic heterocycles. The summed E-state index contributed by atoms with van der Waals surface area (Å²) in [4.78, 5) is 4.24. The minimum atomic E-state index is 0.558. The van der Waals surface area contributed by atoms with Crippen molar-refractivity contribution in [2.24, 2.45) is 0 Å². The van der Waals surface area contributed by atoms with Crippen LogP contribution in [0.5, 0.6) is 10.9 Å². The van der Waals surface area contributed by atoms with Crippen LogP contribution in [0, 0.1) is 6.92 Å². The Morgan fingerprint density at radius 1 is 1.44 bits per heavy atom. The Morgan fingerprint density at radius 2 is 2.25 bits per heavy atom. The first-order valence-electron chi connectivity index (χ1n) is 4.95. The minimum Gasteiger partial charge on any atom is -0.430 e. The molecule has 0 spiro atoms. The molecule has 0 fully saturated rings. The zero-order valence-electron chi connectivity index (χ0n) is 9.03. The molecule has 1 aromatic heterocycles. The molecule has 2 aromatic rings. The molecule has 1 heterocycles. The summed E-state index contributed by atoms with van der Waals surface area (Å²) in [5, 5.41) is 1.21. The number of benzene rings is 1. The van der Waals surface area contributed by atoms with Crippen LogP contribution in [0.4, 0.5) is 0 Å². The predicted octanol–water partition coefficient (Wildman–Crippen LogP) is 3.85. The van der Waals surface area contributed by atoms with Gasteiger partial charge in [0.25, 0.3) is 5.19 Å². The molecule has 0 aliphatic rings. The topological polar surface area (TPSA) is 35.0 Å². The lowest BCUT2D eigenvalue weighted by atomic mass is 10.2. The average Bonchev–Trinajstić information content (AvgIpc) is 2.71. The van der Waals surface area contributed by atoms with Gasteiger partial charge in [-0.2, -0.15) is 9.36 Å². The van der Waals surface area contributed by atoms with E-state index < -0.39 is 0 Å². The normalized spacial score (nSPS) is 10.4. The number of aryl methyl sites for hydroxylation is 2. The van der Waals surface area contributed by atoms with Crippen LogP contribution in [0.15, 0.2) is 18.2 Å². The van der Waals surface area contributed by atoms with E-state index in [2.05, 4.69) is 9.36 Å². The predicted molar refractivity (Wildman–Crippen MR) is 65.6 cm³/mol. The Balaban J connectivity index is 2.22. The maximum Gasteiger partial charge on any atom is 0.298 e. The van der Waals surface area contributed by atoms with Crippen molar-refractivity contribution in [2.75, 3.05) is 0 Å². The Bertz CT molecular complexity index is 498. The van der Waals surface area contributed by atoms with Crippen molar-refractivity contribution in [3.8, 4) is 10.9 Å². The highest BCUT2D eigenvalue weighted by Crippen LogP contribution is 2.28. The quantitative estimate of drug-likeness (QED) is 0.834. The first kappa shape index (κ1) is 11.4. The standard InChI is InChI=1S/C11H11ClN2OS/c1-3-10-13-11(16-14-10)15-9-6-8(12)5-4-7(9)2/h4-6H,3H2,1-2H3. The molecule has 0 N–H and O–H groups in total. The Kier molecular flexibility index (Phi) is 3.41. The third kappa shape index (κ3) is 2.51. The molecule has 0 saturated heterocycles. The molecular formula is C11H11ClN2OS. The third-order valence-electron chi connectivity index (χ3n) is 2.11. The van der Waals surface area contributed by atoms with Crippen LogP contribution < -0.4 is 4.74 Å². The van der Waals surface area contributed by atoms with Crippen LogP contribution >= 0.6 is 23.1 Å². The molecule has 0 aliphatic carbocycles. The number of hydrogen-bond acceptors (Lipinski definition) is 4. The van der Waals surface area contributed by atoms with E-state index in [0.29, 0.717) is 10.2 Å². The largest absolute Gasteiger partial charge is 0.430 e. The number of halogens is 1. The van der Waals surface area contributed by atoms with Crippen LogP contribution in [-0.4, -0.2) is 9.36 Å². The number of aromatic nitrogens is 2. The van der Waals surface area contributed by atoms with Crippen molar-refractivity contribution in [1.82, 2.24) is 9.36 Å². The molecule has 3 nitrogen and oxygen atoms in total. The molecule has 0 saturated carbocycles. The zero-order valence-corrected chi connectivity index (χ0v) is 10.6. The van der Waals surface area contributed by atoms with Crippen molar-refractivity contribution >= 4 is 23.1 Å². The first-order valence-corrected chi connectivity index (χ1v) is 6.10. The summed E-state index contributed by atoms with van der Waals surface area (Å²) < 4.78 is 9.79. The van der Waals surface area contributed by atoms with E-state index in [4.69, 9.17) is 16.3 Å². The second-order valence-electron chi connectivity index (χ2n) is 3.34. The molecule has 1 aromatic carbocycles. The van der Waals surface area contributed by atoms with Crippen LogP contribution in [-0.2, 0) is 6.42 Å². The third-order valence-corrected chi connectivity index (χ3v) is 2.98. The Labute approximate surface area is 103 Å². The SMILES string of the molecule is CCc1nsc(Oc2cc(Cl)ccc2C)n1. The molecule has 0 bridgehead atoms. The zero-order chi connectivity index (χ0) is 11.5. The van der Waals surface area contributed by atoms with Gasteiger partial charge in [-0.3, -0.25) is 0 Å². The molecule has 2 rings (SSSR count). The summed E-state index contributed by atoms with van der Waals surface area (Å²) in [5.74, 6) is 1.53. The number of ether oxygens (including phenoxy) is 1. The van der Waals surface area contributed by atoms with Gasteiger partial charge in [0.05, 0.1) is 0 Å². The van der Waals surface area contributed by atoms with E-state index >= 15 is 0 Å². The van der Waals surface area contributed by atoms with E-state index in [1.165, 1.54) is 11.5 Å². The average molecular weight is 255 g/mol. The molecule has 0 atom stereocenters. The van der Waals surface area contributed by atoms with Gasteiger partial charge in [0.2, 0.25) is 0 Å². The Morgan fingerprint density at radius 3 is 2.94 bits per heavy atom. The summed E-state index contributed by atoms with van der Waals surface area (Å²) in [6.07, 6.45) is 0.814. The maximum absolute atomic E-state index is 5.90. The summed E-state index contributed by atoms with van der Waals surface area (Å²) in [5.41, 5.74) is 1.03. The van der Waals surface area contributed by atoms with Gasteiger partial charge in [-0.25, -0.2) is 0 Å². The second kappa shape index (κ2) is 4.80. The van der Waals surface area contributed by atoms with Gasteiger partial charge in [-0.05, 0) is 24.6 Å². The molecule has 16 heavy (non-hydrogen) atoms. The van der Waals surface area contributed by atoms with Crippen LogP contribution in [0.25, 0.3) is 0 Å². The highest BCUT2D eigenvalue weighted by atomic mass is 35.5. The van der Waals surface area contributed by atoms with E-state index in [9.17, 15) is 0 Å². The minimum absolute atomic E-state index is 0.558. The fourth-order valence-corrected chi connectivity index (χ4v) is 1.99. The fourth-order valence-electron chi connectivity index (χ4n) is 1.20. The van der Waals surface area contributed by atoms with Crippen molar-refractivity contribution in [3.05, 3.63) is 34.6 Å². The summed E-state index contributed by atoms with van der Waals surface area (Å²) in [7, 11) is 0. The van der Waals surface area contributed by atoms with Crippen LogP contribution in [0.3, 0.4) is 0 Å². The molecular weight excluding hydrogens is 244 g/mol. The van der Waals surface area contributed by atoms with Gasteiger partial charge in [0, 0.05) is 23.0 Å². The fraction of sp³-hybridized carbons (Fsp3) is 0.273. The lowest BCUT2D eigenvalue weighted by Gasteiger charge is -2.04. The van der Waals surface area contributed by atoms with E-state index in [0.717, 1.165) is 23.6 Å². The summed E-state index contributed by atoms with van der Waals surface area (Å²) in [6, 6.07) is 5.53. The molecule has 0 radical (unpaired) electrons. The monoisotopic (exact) mass is 254 g/mol. The van der Waals surface area contributed by atoms with Crippen molar-refractivity contribution in [2.45, 2.75) is 20.3 Å². The summed E-state index contributed by atoms with van der Waals surface area (Å²) in [6.45, 7) is 3.98. The molecule has 0 unspecified atom stereocenters. The van der Waals surface area contributed by atoms with Gasteiger partial charge in [0.15, 0.2) is 0 Å². The molecule has 5 heteroatoms. The second-order valence-corrected chi connectivity index (χ2v) is 4.49. The Hall–Kier alpha value is -1.13. The number of nitrogens with zero attached hydrogens (tertiary/aromatic N) is 2. The highest BCUT2D eigenvalue weighted by Gasteiger charge is 2.07. The first-order chi connectivity index (χ1) is 7.69. The number of rotatable bonds is 3. The van der Waals surface area contributed by atoms with Crippen molar-refractivity contribution in [3.63, 3.8) is 0 Å². The van der Waals surface area contributed by atoms with E-state index in [1.807, 2.05) is 26.0 Å². The van der Waals surface area contributed by atoms with E-state index in [-0.39, 0.29) is 0 Å². The van der Waals surface area contributed by atoms with E-state index in [1.54, 1.807) is 6.07 Å². The lowest BCUT2D eigenvalue weighted by molar-refractivity contribution is 0.473. The van der Waals surface area contributed by atoms with Gasteiger partial charge < -0.3 is 4.74 Å². The van der Waals surface area contributed by atoms with Crippen molar-refractivity contribution in [1.29, 1.82) is 0 Å².